The van der Waals surface area contributed by atoms with Gasteiger partial charge in [0.25, 0.3) is 0 Å². The largest absolute Gasteiger partial charge is 0.481 e. The number of carboxylic acid groups (broad SMARTS) is 1. The van der Waals surface area contributed by atoms with Crippen LogP contribution in [0.3, 0.4) is 0 Å². The number of urea groups is 1. The van der Waals surface area contributed by atoms with Gasteiger partial charge in [-0.05, 0) is 19.3 Å². The lowest BCUT2D eigenvalue weighted by atomic mass is 10.0. The number of carboxylic acids is 1. The van der Waals surface area contributed by atoms with Gasteiger partial charge in [0.15, 0.2) is 0 Å². The maximum atomic E-state index is 11.9. The number of piperidine rings is 1. The molecule has 7 heteroatoms. The number of amides is 3. The molecular weight excluding hydrogens is 238 g/mol. The first-order chi connectivity index (χ1) is 8.56. The molecule has 0 radical (unpaired) electrons. The Morgan fingerprint density at radius 3 is 2.67 bits per heavy atom. The highest BCUT2D eigenvalue weighted by atomic mass is 16.4. The monoisotopic (exact) mass is 257 g/mol. The molecule has 1 aliphatic rings. The maximum Gasteiger partial charge on any atom is 0.318 e. The fourth-order valence-electron chi connectivity index (χ4n) is 1.99. The Balaban J connectivity index is 2.52. The Hall–Kier alpha value is -1.79. The third-order valence-electron chi connectivity index (χ3n) is 2.93. The molecule has 7 nitrogen and oxygen atoms in total. The van der Waals surface area contributed by atoms with Gasteiger partial charge in [0.05, 0.1) is 6.42 Å². The van der Waals surface area contributed by atoms with Crippen LogP contribution in [0.15, 0.2) is 0 Å². The Morgan fingerprint density at radius 1 is 1.33 bits per heavy atom. The van der Waals surface area contributed by atoms with Gasteiger partial charge < -0.3 is 20.6 Å². The number of likely N-dealkylation sites (N-methyl/N-ethyl adjacent to an activating group) is 1. The molecule has 1 atom stereocenters. The molecule has 0 aromatic rings. The fourth-order valence-corrected chi connectivity index (χ4v) is 1.99. The molecule has 1 aliphatic heterocycles. The third-order valence-corrected chi connectivity index (χ3v) is 2.93. The van der Waals surface area contributed by atoms with Crippen LogP contribution in [0.2, 0.25) is 0 Å². The van der Waals surface area contributed by atoms with Crippen LogP contribution in [0.25, 0.3) is 0 Å². The highest BCUT2D eigenvalue weighted by molar-refractivity contribution is 5.87. The minimum atomic E-state index is -0.961. The van der Waals surface area contributed by atoms with Gasteiger partial charge in [-0.1, -0.05) is 0 Å². The molecule has 3 N–H and O–H groups in total. The Kier molecular flexibility index (Phi) is 5.41. The van der Waals surface area contributed by atoms with Gasteiger partial charge in [0.2, 0.25) is 5.91 Å². The van der Waals surface area contributed by atoms with Crippen LogP contribution in [0.5, 0.6) is 0 Å². The van der Waals surface area contributed by atoms with Crippen molar-refractivity contribution in [2.45, 2.75) is 31.7 Å². The second-order valence-electron chi connectivity index (χ2n) is 4.19. The fraction of sp³-hybridized carbons (Fsp3) is 0.727. The molecule has 0 spiro atoms. The standard InChI is InChI=1S/C11H19N3O4/c1-12-10(17)8-4-2-3-7-14(8)11(18)13-6-5-9(15)16/h8H,2-7H2,1H3,(H,12,17)(H,13,18)(H,15,16). The molecule has 1 saturated heterocycles. The molecule has 1 unspecified atom stereocenters. The molecule has 102 valence electrons. The summed E-state index contributed by atoms with van der Waals surface area (Å²) in [5, 5.41) is 13.5. The second-order valence-corrected chi connectivity index (χ2v) is 4.19. The van der Waals surface area contributed by atoms with Crippen molar-refractivity contribution < 1.29 is 19.5 Å². The predicted octanol–water partition coefficient (Wildman–Crippen LogP) is -0.229. The van der Waals surface area contributed by atoms with E-state index in [2.05, 4.69) is 10.6 Å². The van der Waals surface area contributed by atoms with Crippen LogP contribution in [-0.4, -0.2) is 54.1 Å². The van der Waals surface area contributed by atoms with Crippen molar-refractivity contribution in [1.29, 1.82) is 0 Å². The zero-order valence-corrected chi connectivity index (χ0v) is 10.4. The smallest absolute Gasteiger partial charge is 0.318 e. The van der Waals surface area contributed by atoms with Crippen molar-refractivity contribution >= 4 is 17.9 Å². The molecular formula is C11H19N3O4. The van der Waals surface area contributed by atoms with Gasteiger partial charge in [-0.2, -0.15) is 0 Å². The van der Waals surface area contributed by atoms with Crippen LogP contribution in [0.1, 0.15) is 25.7 Å². The van der Waals surface area contributed by atoms with Crippen LogP contribution in [0.4, 0.5) is 4.79 Å². The minimum Gasteiger partial charge on any atom is -0.481 e. The van der Waals surface area contributed by atoms with Gasteiger partial charge in [-0.25, -0.2) is 4.79 Å². The van der Waals surface area contributed by atoms with Crippen molar-refractivity contribution in [3.63, 3.8) is 0 Å². The molecule has 3 amide bonds. The Labute approximate surface area is 106 Å². The molecule has 1 fully saturated rings. The van der Waals surface area contributed by atoms with E-state index >= 15 is 0 Å². The van der Waals surface area contributed by atoms with Gasteiger partial charge in [-0.15, -0.1) is 0 Å². The van der Waals surface area contributed by atoms with Crippen molar-refractivity contribution in [3.05, 3.63) is 0 Å². The topological polar surface area (TPSA) is 98.7 Å². The number of rotatable bonds is 4. The molecule has 0 aromatic carbocycles. The van der Waals surface area contributed by atoms with Crippen molar-refractivity contribution in [3.8, 4) is 0 Å². The molecule has 0 aromatic heterocycles. The number of hydrogen-bond acceptors (Lipinski definition) is 3. The second kappa shape index (κ2) is 6.83. The van der Waals surface area contributed by atoms with Crippen LogP contribution < -0.4 is 10.6 Å². The lowest BCUT2D eigenvalue weighted by molar-refractivity contribution is -0.136. The van der Waals surface area contributed by atoms with Gasteiger partial charge in [0.1, 0.15) is 6.04 Å². The number of likely N-dealkylation sites (tertiary alicyclic amines) is 1. The van der Waals surface area contributed by atoms with E-state index in [-0.39, 0.29) is 24.9 Å². The summed E-state index contributed by atoms with van der Waals surface area (Å²) in [5.74, 6) is -1.14. The van der Waals surface area contributed by atoms with Crippen LogP contribution >= 0.6 is 0 Å². The van der Waals surface area contributed by atoms with Crippen molar-refractivity contribution in [2.75, 3.05) is 20.1 Å². The number of nitrogens with zero attached hydrogens (tertiary/aromatic N) is 1. The predicted molar refractivity (Wildman–Crippen MR) is 64.1 cm³/mol. The van der Waals surface area contributed by atoms with Crippen molar-refractivity contribution in [2.24, 2.45) is 0 Å². The molecule has 0 saturated carbocycles. The highest BCUT2D eigenvalue weighted by Crippen LogP contribution is 2.17. The summed E-state index contributed by atoms with van der Waals surface area (Å²) in [5.41, 5.74) is 0. The first-order valence-corrected chi connectivity index (χ1v) is 6.04. The van der Waals surface area contributed by atoms with Crippen LogP contribution in [0, 0.1) is 0 Å². The average molecular weight is 257 g/mol. The summed E-state index contributed by atoms with van der Waals surface area (Å²) < 4.78 is 0. The minimum absolute atomic E-state index is 0.0745. The summed E-state index contributed by atoms with van der Waals surface area (Å²) in [7, 11) is 1.54. The summed E-state index contributed by atoms with van der Waals surface area (Å²) >= 11 is 0. The normalized spacial score (nSPS) is 19.2. The summed E-state index contributed by atoms with van der Waals surface area (Å²) in [6, 6.07) is -0.821. The SMILES string of the molecule is CNC(=O)C1CCCCN1C(=O)NCCC(=O)O. The van der Waals surface area contributed by atoms with E-state index in [0.29, 0.717) is 13.0 Å². The number of aliphatic carboxylic acids is 1. The zero-order chi connectivity index (χ0) is 13.5. The first-order valence-electron chi connectivity index (χ1n) is 6.04. The van der Waals surface area contributed by atoms with Gasteiger partial charge in [-0.3, -0.25) is 9.59 Å². The third kappa shape index (κ3) is 3.90. The van der Waals surface area contributed by atoms with E-state index in [4.69, 9.17) is 5.11 Å². The zero-order valence-electron chi connectivity index (χ0n) is 10.4. The van der Waals surface area contributed by atoms with Crippen LogP contribution in [-0.2, 0) is 9.59 Å². The summed E-state index contributed by atoms with van der Waals surface area (Å²) in [6.45, 7) is 0.599. The van der Waals surface area contributed by atoms with E-state index in [1.807, 2.05) is 0 Å². The molecule has 0 aliphatic carbocycles. The highest BCUT2D eigenvalue weighted by Gasteiger charge is 2.31. The van der Waals surface area contributed by atoms with E-state index in [9.17, 15) is 14.4 Å². The van der Waals surface area contributed by atoms with Gasteiger partial charge >= 0.3 is 12.0 Å². The van der Waals surface area contributed by atoms with E-state index in [1.54, 1.807) is 0 Å². The lowest BCUT2D eigenvalue weighted by Crippen LogP contribution is -2.54. The number of carbonyl (C=O) groups excluding carboxylic acids is 2. The summed E-state index contributed by atoms with van der Waals surface area (Å²) in [6.07, 6.45) is 2.30. The van der Waals surface area contributed by atoms with E-state index in [0.717, 1.165) is 12.8 Å². The van der Waals surface area contributed by atoms with E-state index in [1.165, 1.54) is 11.9 Å². The molecule has 1 rings (SSSR count). The first kappa shape index (κ1) is 14.3. The Morgan fingerprint density at radius 2 is 2.06 bits per heavy atom. The maximum absolute atomic E-state index is 11.9. The molecule has 18 heavy (non-hydrogen) atoms. The quantitative estimate of drug-likeness (QED) is 0.648. The molecule has 1 heterocycles. The van der Waals surface area contributed by atoms with E-state index < -0.39 is 12.0 Å². The van der Waals surface area contributed by atoms with Crippen molar-refractivity contribution in [1.82, 2.24) is 15.5 Å². The lowest BCUT2D eigenvalue weighted by Gasteiger charge is -2.34. The number of hydrogen-bond donors (Lipinski definition) is 3. The Bertz CT molecular complexity index is 332. The number of carbonyl (C=O) groups is 3. The molecule has 0 bridgehead atoms. The van der Waals surface area contributed by atoms with Gasteiger partial charge in [0, 0.05) is 20.1 Å². The summed E-state index contributed by atoms with van der Waals surface area (Å²) in [4.78, 5) is 35.3. The average Bonchev–Trinajstić information content (AvgIpc) is 2.37. The number of nitrogens with one attached hydrogen (secondary N) is 2.